The number of aliphatic hydroxyl groups is 1. The third kappa shape index (κ3) is 1.82. The number of aliphatic hydroxyl groups excluding tert-OH is 1. The molecule has 0 saturated heterocycles. The van der Waals surface area contributed by atoms with Crippen LogP contribution in [0.1, 0.15) is 0 Å². The molecule has 0 aliphatic rings. The Kier molecular flexibility index (Phi) is 2.42. The Morgan fingerprint density at radius 1 is 1.70 bits per heavy atom. The summed E-state index contributed by atoms with van der Waals surface area (Å²) in [6, 6.07) is 0. The summed E-state index contributed by atoms with van der Waals surface area (Å²) in [5, 5.41) is 18.9. The second kappa shape index (κ2) is 3.34. The lowest BCUT2D eigenvalue weighted by molar-refractivity contribution is 0.0446. The molecule has 0 spiro atoms. The molecule has 4 heteroatoms. The van der Waals surface area contributed by atoms with Gasteiger partial charge in [0.15, 0.2) is 0 Å². The van der Waals surface area contributed by atoms with Crippen LogP contribution in [0.2, 0.25) is 0 Å². The average Bonchev–Trinajstić information content (AvgIpc) is 2.40. The van der Waals surface area contributed by atoms with Crippen LogP contribution in [0, 0.1) is 0 Å². The zero-order chi connectivity index (χ0) is 7.40. The van der Waals surface area contributed by atoms with Crippen molar-refractivity contribution in [2.75, 3.05) is 6.61 Å². The predicted octanol–water partition coefficient (Wildman–Crippen LogP) is -0.326. The van der Waals surface area contributed by atoms with Crippen LogP contribution in [0.3, 0.4) is 0 Å². The Balaban J connectivity index is 2.40. The first-order chi connectivity index (χ1) is 4.83. The van der Waals surface area contributed by atoms with Crippen molar-refractivity contribution in [2.24, 2.45) is 0 Å². The molecule has 1 rings (SSSR count). The van der Waals surface area contributed by atoms with Crippen molar-refractivity contribution < 1.29 is 10.2 Å². The van der Waals surface area contributed by atoms with Crippen molar-refractivity contribution >= 4 is 0 Å². The number of aromatic nitrogens is 2. The molecular weight excluding hydrogens is 132 g/mol. The topological polar surface area (TPSA) is 57.9 Å². The van der Waals surface area contributed by atoms with Crippen LogP contribution >= 0.6 is 0 Å². The van der Waals surface area contributed by atoms with E-state index in [1.165, 1.54) is 0 Å². The molecule has 0 bridgehead atoms. The highest BCUT2D eigenvalue weighted by Gasteiger charge is 2.01. The summed E-state index contributed by atoms with van der Waals surface area (Å²) in [7, 11) is 0. The molecule has 1 aromatic heterocycles. The molecule has 1 heterocycles. The van der Waals surface area contributed by atoms with Crippen LogP contribution in [-0.4, -0.2) is 27.4 Å². The van der Waals surface area contributed by atoms with Gasteiger partial charge in [-0.3, -0.25) is 0 Å². The van der Waals surface area contributed by atoms with Gasteiger partial charge in [-0.2, -0.15) is 0 Å². The van der Waals surface area contributed by atoms with Gasteiger partial charge in [0.25, 0.3) is 0 Å². The SMILES string of the molecule is [O]CC(O)Cn1ccnc1. The van der Waals surface area contributed by atoms with Gasteiger partial charge in [0.2, 0.25) is 0 Å². The van der Waals surface area contributed by atoms with Gasteiger partial charge in [-0.1, -0.05) is 0 Å². The summed E-state index contributed by atoms with van der Waals surface area (Å²) in [6.07, 6.45) is 4.09. The maximum Gasteiger partial charge on any atom is 0.110 e. The first-order valence-corrected chi connectivity index (χ1v) is 3.05. The molecule has 0 saturated carbocycles. The van der Waals surface area contributed by atoms with Crippen molar-refractivity contribution in [1.29, 1.82) is 0 Å². The molecule has 0 fully saturated rings. The molecule has 10 heavy (non-hydrogen) atoms. The molecule has 0 aromatic carbocycles. The lowest BCUT2D eigenvalue weighted by atomic mass is 10.4. The summed E-state index contributed by atoms with van der Waals surface area (Å²) in [5.74, 6) is 0. The minimum Gasteiger partial charge on any atom is -0.389 e. The lowest BCUT2D eigenvalue weighted by Gasteiger charge is -2.04. The molecule has 4 nitrogen and oxygen atoms in total. The largest absolute Gasteiger partial charge is 0.389 e. The fraction of sp³-hybridized carbons (Fsp3) is 0.500. The summed E-state index contributed by atoms with van der Waals surface area (Å²) in [4.78, 5) is 3.76. The second-order valence-corrected chi connectivity index (χ2v) is 2.08. The molecule has 1 N–H and O–H groups in total. The minimum atomic E-state index is -0.797. The molecule has 1 atom stereocenters. The molecule has 0 amide bonds. The monoisotopic (exact) mass is 141 g/mol. The highest BCUT2D eigenvalue weighted by Crippen LogP contribution is 1.90. The fourth-order valence-corrected chi connectivity index (χ4v) is 0.691. The van der Waals surface area contributed by atoms with Gasteiger partial charge in [0.05, 0.1) is 19.0 Å². The summed E-state index contributed by atoms with van der Waals surface area (Å²) < 4.78 is 1.67. The van der Waals surface area contributed by atoms with E-state index in [1.807, 2.05) is 0 Å². The van der Waals surface area contributed by atoms with Crippen LogP contribution in [-0.2, 0) is 11.7 Å². The minimum absolute atomic E-state index is 0.337. The zero-order valence-corrected chi connectivity index (χ0v) is 5.47. The summed E-state index contributed by atoms with van der Waals surface area (Å²) in [6.45, 7) is -0.123. The van der Waals surface area contributed by atoms with E-state index in [0.717, 1.165) is 0 Å². The van der Waals surface area contributed by atoms with Gasteiger partial charge in [-0.15, -0.1) is 0 Å². The number of rotatable bonds is 3. The van der Waals surface area contributed by atoms with E-state index < -0.39 is 12.7 Å². The van der Waals surface area contributed by atoms with Crippen LogP contribution < -0.4 is 0 Å². The second-order valence-electron chi connectivity index (χ2n) is 2.08. The zero-order valence-electron chi connectivity index (χ0n) is 5.47. The van der Waals surface area contributed by atoms with Crippen molar-refractivity contribution in [2.45, 2.75) is 12.6 Å². The first kappa shape index (κ1) is 7.24. The van der Waals surface area contributed by atoms with E-state index in [-0.39, 0.29) is 0 Å². The predicted molar refractivity (Wildman–Crippen MR) is 33.8 cm³/mol. The van der Waals surface area contributed by atoms with Crippen molar-refractivity contribution in [1.82, 2.24) is 9.55 Å². The van der Waals surface area contributed by atoms with Crippen LogP contribution in [0.5, 0.6) is 0 Å². The number of nitrogens with zero attached hydrogens (tertiary/aromatic N) is 2. The Morgan fingerprint density at radius 3 is 3.00 bits per heavy atom. The third-order valence-corrected chi connectivity index (χ3v) is 1.17. The molecule has 1 aromatic rings. The smallest absolute Gasteiger partial charge is 0.110 e. The van der Waals surface area contributed by atoms with Gasteiger partial charge in [0.1, 0.15) is 6.61 Å². The molecule has 0 aliphatic heterocycles. The van der Waals surface area contributed by atoms with Crippen LogP contribution in [0.25, 0.3) is 0 Å². The van der Waals surface area contributed by atoms with Crippen molar-refractivity contribution in [3.05, 3.63) is 18.7 Å². The van der Waals surface area contributed by atoms with Gasteiger partial charge < -0.3 is 9.67 Å². The van der Waals surface area contributed by atoms with Crippen LogP contribution in [0.4, 0.5) is 0 Å². The average molecular weight is 141 g/mol. The fourth-order valence-electron chi connectivity index (χ4n) is 0.691. The molecule has 1 radical (unpaired) electrons. The summed E-state index contributed by atoms with van der Waals surface area (Å²) >= 11 is 0. The van der Waals surface area contributed by atoms with E-state index in [2.05, 4.69) is 4.98 Å². The van der Waals surface area contributed by atoms with E-state index in [9.17, 15) is 5.11 Å². The third-order valence-electron chi connectivity index (χ3n) is 1.17. The number of hydrogen-bond acceptors (Lipinski definition) is 2. The quantitative estimate of drug-likeness (QED) is 0.626. The van der Waals surface area contributed by atoms with Gasteiger partial charge >= 0.3 is 0 Å². The van der Waals surface area contributed by atoms with Crippen LogP contribution in [0.15, 0.2) is 18.7 Å². The van der Waals surface area contributed by atoms with Crippen molar-refractivity contribution in [3.63, 3.8) is 0 Å². The summed E-state index contributed by atoms with van der Waals surface area (Å²) in [5.41, 5.74) is 0. The number of imidazole rings is 1. The number of hydrogen-bond donors (Lipinski definition) is 1. The Hall–Kier alpha value is -0.870. The molecular formula is C6H9N2O2. The Morgan fingerprint density at radius 2 is 2.50 bits per heavy atom. The van der Waals surface area contributed by atoms with Gasteiger partial charge in [-0.05, 0) is 0 Å². The van der Waals surface area contributed by atoms with Crippen molar-refractivity contribution in [3.8, 4) is 0 Å². The Labute approximate surface area is 58.8 Å². The normalized spacial score (nSPS) is 13.4. The highest BCUT2D eigenvalue weighted by atomic mass is 16.3. The van der Waals surface area contributed by atoms with Gasteiger partial charge in [-0.25, -0.2) is 10.1 Å². The van der Waals surface area contributed by atoms with Gasteiger partial charge in [0, 0.05) is 12.4 Å². The molecule has 0 aliphatic carbocycles. The standard InChI is InChI=1S/C6H9N2O2/c9-4-6(10)3-8-2-1-7-5-8/h1-2,5-6,10H,3-4H2. The van der Waals surface area contributed by atoms with E-state index in [0.29, 0.717) is 6.54 Å². The molecule has 1 unspecified atom stereocenters. The van der Waals surface area contributed by atoms with E-state index >= 15 is 0 Å². The molecule has 55 valence electrons. The first-order valence-electron chi connectivity index (χ1n) is 3.05. The highest BCUT2D eigenvalue weighted by molar-refractivity contribution is 4.75. The maximum atomic E-state index is 10.1. The Bertz CT molecular complexity index is 174. The lowest BCUT2D eigenvalue weighted by Crippen LogP contribution is -2.17. The van der Waals surface area contributed by atoms with E-state index in [1.54, 1.807) is 23.3 Å². The maximum absolute atomic E-state index is 10.1. The van der Waals surface area contributed by atoms with E-state index in [4.69, 9.17) is 5.11 Å².